The van der Waals surface area contributed by atoms with E-state index in [1.165, 1.54) is 12.1 Å². The highest BCUT2D eigenvalue weighted by Gasteiger charge is 2.56. The molecule has 2 fully saturated rings. The summed E-state index contributed by atoms with van der Waals surface area (Å²) in [7, 11) is 0. The van der Waals surface area contributed by atoms with E-state index in [9.17, 15) is 14.0 Å². The minimum atomic E-state index is -0.283. The molecule has 29 heavy (non-hydrogen) atoms. The lowest BCUT2D eigenvalue weighted by molar-refractivity contribution is -0.140. The molecule has 148 valence electrons. The summed E-state index contributed by atoms with van der Waals surface area (Å²) in [6.07, 6.45) is 7.73. The van der Waals surface area contributed by atoms with Crippen LogP contribution < -0.4 is 0 Å². The van der Waals surface area contributed by atoms with E-state index in [4.69, 9.17) is 0 Å². The number of fused-ring (bicyclic) bond motifs is 1. The molecule has 2 amide bonds. The summed E-state index contributed by atoms with van der Waals surface area (Å²) >= 11 is 0. The summed E-state index contributed by atoms with van der Waals surface area (Å²) in [5.74, 6) is -0.834. The largest absolute Gasteiger partial charge is 0.318 e. The molecule has 2 heterocycles. The predicted molar refractivity (Wildman–Crippen MR) is 107 cm³/mol. The summed E-state index contributed by atoms with van der Waals surface area (Å²) < 4.78 is 15.3. The third-order valence-electron chi connectivity index (χ3n) is 6.60. The van der Waals surface area contributed by atoms with Gasteiger partial charge in [0.25, 0.3) is 11.8 Å². The standard InChI is InChI=1S/C23H22FN3O2/c1-13-11-17(14(2)26(13)19-9-7-18(24)8-10-19)12-25-27-22(28)20-15-3-4-16(6-5-15)21(20)23(27)29/h3-4,7-12,15-16,20-21H,5-6H2,1-2H3/b25-12-/t15-,16-,20-,21-/m0/s1. The summed E-state index contributed by atoms with van der Waals surface area (Å²) in [5, 5.41) is 5.39. The van der Waals surface area contributed by atoms with E-state index in [0.29, 0.717) is 0 Å². The Labute approximate surface area is 168 Å². The number of aryl methyl sites for hydroxylation is 1. The number of aromatic nitrogens is 1. The number of imide groups is 1. The fourth-order valence-electron chi connectivity index (χ4n) is 5.20. The zero-order chi connectivity index (χ0) is 20.3. The molecule has 0 unspecified atom stereocenters. The minimum absolute atomic E-state index is 0.158. The van der Waals surface area contributed by atoms with Crippen LogP contribution in [0.3, 0.4) is 0 Å². The molecular weight excluding hydrogens is 369 g/mol. The predicted octanol–water partition coefficient (Wildman–Crippen LogP) is 3.76. The second-order valence-corrected chi connectivity index (χ2v) is 8.21. The van der Waals surface area contributed by atoms with Gasteiger partial charge in [0.1, 0.15) is 5.82 Å². The molecule has 1 saturated heterocycles. The van der Waals surface area contributed by atoms with Crippen molar-refractivity contribution in [2.24, 2.45) is 28.8 Å². The van der Waals surface area contributed by atoms with Crippen LogP contribution in [-0.2, 0) is 9.59 Å². The van der Waals surface area contributed by atoms with Crippen LogP contribution in [-0.4, -0.2) is 27.6 Å². The highest BCUT2D eigenvalue weighted by molar-refractivity contribution is 6.06. The molecule has 6 heteroatoms. The van der Waals surface area contributed by atoms with Gasteiger partial charge in [0.05, 0.1) is 18.1 Å². The fourth-order valence-corrected chi connectivity index (χ4v) is 5.20. The lowest BCUT2D eigenvalue weighted by atomic mass is 9.63. The van der Waals surface area contributed by atoms with Gasteiger partial charge in [-0.2, -0.15) is 10.1 Å². The van der Waals surface area contributed by atoms with Crippen molar-refractivity contribution in [1.82, 2.24) is 9.58 Å². The van der Waals surface area contributed by atoms with E-state index >= 15 is 0 Å². The van der Waals surface area contributed by atoms with E-state index in [1.54, 1.807) is 18.3 Å². The van der Waals surface area contributed by atoms with E-state index < -0.39 is 0 Å². The van der Waals surface area contributed by atoms with Gasteiger partial charge in [-0.15, -0.1) is 0 Å². The highest BCUT2D eigenvalue weighted by Crippen LogP contribution is 2.49. The molecule has 1 aromatic carbocycles. The lowest BCUT2D eigenvalue weighted by Crippen LogP contribution is -2.38. The highest BCUT2D eigenvalue weighted by atomic mass is 19.1. The van der Waals surface area contributed by atoms with E-state index in [-0.39, 0.29) is 41.3 Å². The van der Waals surface area contributed by atoms with Gasteiger partial charge in [0, 0.05) is 22.6 Å². The summed E-state index contributed by atoms with van der Waals surface area (Å²) in [6, 6.07) is 8.24. The number of hydrazone groups is 1. The van der Waals surface area contributed by atoms with Gasteiger partial charge in [-0.1, -0.05) is 12.2 Å². The maximum absolute atomic E-state index is 13.3. The van der Waals surface area contributed by atoms with Crippen LogP contribution >= 0.6 is 0 Å². The summed E-state index contributed by atoms with van der Waals surface area (Å²) in [4.78, 5) is 25.8. The Morgan fingerprint density at radius 2 is 1.59 bits per heavy atom. The number of carbonyl (C=O) groups is 2. The van der Waals surface area contributed by atoms with E-state index in [0.717, 1.165) is 40.5 Å². The van der Waals surface area contributed by atoms with Crippen LogP contribution in [0.4, 0.5) is 4.39 Å². The fraction of sp³-hybridized carbons (Fsp3) is 0.348. The Balaban J connectivity index is 1.44. The van der Waals surface area contributed by atoms with Crippen molar-refractivity contribution in [3.8, 4) is 5.69 Å². The Morgan fingerprint density at radius 1 is 1.00 bits per heavy atom. The molecule has 1 saturated carbocycles. The molecule has 6 rings (SSSR count). The molecule has 5 nitrogen and oxygen atoms in total. The quantitative estimate of drug-likeness (QED) is 0.454. The molecule has 0 N–H and O–H groups in total. The normalized spacial score (nSPS) is 28.0. The van der Waals surface area contributed by atoms with Crippen molar-refractivity contribution in [3.05, 3.63) is 65.3 Å². The zero-order valence-corrected chi connectivity index (χ0v) is 16.4. The monoisotopic (exact) mass is 391 g/mol. The second kappa shape index (κ2) is 6.51. The van der Waals surface area contributed by atoms with Crippen molar-refractivity contribution in [1.29, 1.82) is 0 Å². The van der Waals surface area contributed by atoms with Gasteiger partial charge in [-0.05, 0) is 68.9 Å². The molecule has 4 aliphatic rings. The van der Waals surface area contributed by atoms with Gasteiger partial charge >= 0.3 is 0 Å². The van der Waals surface area contributed by atoms with E-state index in [1.807, 2.05) is 24.5 Å². The number of carbonyl (C=O) groups excluding carboxylic acids is 2. The van der Waals surface area contributed by atoms with Crippen molar-refractivity contribution < 1.29 is 14.0 Å². The van der Waals surface area contributed by atoms with E-state index in [2.05, 4.69) is 17.3 Å². The average molecular weight is 391 g/mol. The smallest absolute Gasteiger partial charge is 0.254 e. The van der Waals surface area contributed by atoms with Crippen molar-refractivity contribution in [2.45, 2.75) is 26.7 Å². The SMILES string of the molecule is Cc1cc(/C=N\N2C(=O)[C@@H]3[C@@H](C2=O)[C@H]2C=C[C@H]3CC2)c(C)n1-c1ccc(F)cc1. The number of rotatable bonds is 3. The van der Waals surface area contributed by atoms with Gasteiger partial charge in [-0.3, -0.25) is 9.59 Å². The molecule has 0 spiro atoms. The van der Waals surface area contributed by atoms with Crippen LogP contribution in [0.25, 0.3) is 5.69 Å². The van der Waals surface area contributed by atoms with Crippen molar-refractivity contribution in [2.75, 3.05) is 0 Å². The van der Waals surface area contributed by atoms with Crippen LogP contribution in [0.15, 0.2) is 47.6 Å². The molecule has 2 aromatic rings. The molecular formula is C23H22FN3O2. The molecule has 4 atom stereocenters. The Morgan fingerprint density at radius 3 is 2.14 bits per heavy atom. The Kier molecular flexibility index (Phi) is 4.05. The third-order valence-corrected chi connectivity index (χ3v) is 6.60. The topological polar surface area (TPSA) is 54.7 Å². The van der Waals surface area contributed by atoms with Gasteiger partial charge in [-0.25, -0.2) is 4.39 Å². The molecule has 3 aliphatic carbocycles. The van der Waals surface area contributed by atoms with Crippen LogP contribution in [0.5, 0.6) is 0 Å². The first-order valence-corrected chi connectivity index (χ1v) is 10.0. The Hall–Kier alpha value is -3.02. The number of benzene rings is 1. The number of halogens is 1. The van der Waals surface area contributed by atoms with Crippen molar-refractivity contribution >= 4 is 18.0 Å². The zero-order valence-electron chi connectivity index (χ0n) is 16.4. The van der Waals surface area contributed by atoms with Crippen LogP contribution in [0, 0.1) is 43.3 Å². The number of hydrogen-bond donors (Lipinski definition) is 0. The first-order valence-electron chi connectivity index (χ1n) is 10.0. The van der Waals surface area contributed by atoms with Crippen LogP contribution in [0.1, 0.15) is 29.8 Å². The molecule has 1 aromatic heterocycles. The molecule has 2 bridgehead atoms. The number of hydrogen-bond acceptors (Lipinski definition) is 3. The molecule has 0 radical (unpaired) electrons. The van der Waals surface area contributed by atoms with Crippen molar-refractivity contribution in [3.63, 3.8) is 0 Å². The molecule has 1 aliphatic heterocycles. The number of allylic oxidation sites excluding steroid dienone is 2. The summed E-state index contributed by atoms with van der Waals surface area (Å²) in [6.45, 7) is 3.90. The van der Waals surface area contributed by atoms with Crippen LogP contribution in [0.2, 0.25) is 0 Å². The maximum Gasteiger partial charge on any atom is 0.254 e. The first kappa shape index (κ1) is 18.0. The third kappa shape index (κ3) is 2.69. The van der Waals surface area contributed by atoms with Gasteiger partial charge in [0.15, 0.2) is 0 Å². The minimum Gasteiger partial charge on any atom is -0.318 e. The Bertz CT molecular complexity index is 1030. The second-order valence-electron chi connectivity index (χ2n) is 8.21. The van der Waals surface area contributed by atoms with Gasteiger partial charge < -0.3 is 4.57 Å². The summed E-state index contributed by atoms with van der Waals surface area (Å²) in [5.41, 5.74) is 3.55. The number of amides is 2. The first-order chi connectivity index (χ1) is 14.0. The van der Waals surface area contributed by atoms with Gasteiger partial charge in [0.2, 0.25) is 0 Å². The maximum atomic E-state index is 13.3. The number of nitrogens with zero attached hydrogens (tertiary/aromatic N) is 3. The average Bonchev–Trinajstić information content (AvgIpc) is 3.16. The lowest BCUT2D eigenvalue weighted by Gasteiger charge is -2.37.